The van der Waals surface area contributed by atoms with Gasteiger partial charge in [0.1, 0.15) is 28.2 Å². The quantitative estimate of drug-likeness (QED) is 0.137. The minimum absolute atomic E-state index is 0.0271. The summed E-state index contributed by atoms with van der Waals surface area (Å²) in [6.07, 6.45) is 1.03. The zero-order chi connectivity index (χ0) is 39.8. The van der Waals surface area contributed by atoms with Crippen LogP contribution < -0.4 is 9.64 Å². The predicted octanol–water partition coefficient (Wildman–Crippen LogP) is 7.13. The van der Waals surface area contributed by atoms with Crippen molar-refractivity contribution in [3.8, 4) is 16.9 Å². The zero-order valence-electron chi connectivity index (χ0n) is 33.2. The molecule has 4 aliphatic rings. The third-order valence-corrected chi connectivity index (χ3v) is 11.7. The van der Waals surface area contributed by atoms with Gasteiger partial charge in [0, 0.05) is 76.6 Å². The smallest absolute Gasteiger partial charge is 0.410 e. The summed E-state index contributed by atoms with van der Waals surface area (Å²) in [6, 6.07) is 13.2. The van der Waals surface area contributed by atoms with Crippen LogP contribution in [0.25, 0.3) is 43.8 Å². The second-order valence-electron chi connectivity index (χ2n) is 16.7. The third kappa shape index (κ3) is 6.56. The lowest BCUT2D eigenvalue weighted by Gasteiger charge is -2.43. The molecule has 14 heteroatoms. The minimum atomic E-state index is -0.649. The lowest BCUT2D eigenvalue weighted by atomic mass is 9.79. The lowest BCUT2D eigenvalue weighted by molar-refractivity contribution is -0.128. The molecule has 2 bridgehead atoms. The van der Waals surface area contributed by atoms with Crippen LogP contribution in [-0.2, 0) is 20.7 Å². The van der Waals surface area contributed by atoms with Crippen LogP contribution in [0, 0.1) is 11.7 Å². The molecule has 9 rings (SSSR count). The van der Waals surface area contributed by atoms with Gasteiger partial charge in [-0.1, -0.05) is 35.9 Å². The molecule has 5 aromatic rings. The number of benzene rings is 3. The van der Waals surface area contributed by atoms with E-state index in [1.165, 1.54) is 0 Å². The fourth-order valence-electron chi connectivity index (χ4n) is 8.51. The largest absolute Gasteiger partial charge is 0.468 e. The molecule has 1 saturated carbocycles. The van der Waals surface area contributed by atoms with Crippen molar-refractivity contribution >= 4 is 62.1 Å². The van der Waals surface area contributed by atoms with Crippen molar-refractivity contribution in [1.29, 1.82) is 0 Å². The molecule has 3 aromatic carbocycles. The van der Waals surface area contributed by atoms with Crippen molar-refractivity contribution in [1.82, 2.24) is 29.2 Å². The van der Waals surface area contributed by atoms with Gasteiger partial charge >= 0.3 is 6.09 Å². The fraction of sp³-hybridized carbons (Fsp3) is 0.476. The second kappa shape index (κ2) is 14.3. The number of hydrogen-bond acceptors (Lipinski definition) is 9. The molecule has 4 fully saturated rings. The van der Waals surface area contributed by atoms with Gasteiger partial charge in [-0.25, -0.2) is 19.2 Å². The molecule has 0 radical (unpaired) electrons. The first kappa shape index (κ1) is 38.2. The maximum absolute atomic E-state index is 17.7. The van der Waals surface area contributed by atoms with Crippen LogP contribution >= 0.6 is 11.6 Å². The Morgan fingerprint density at radius 2 is 1.75 bits per heavy atom. The Morgan fingerprint density at radius 1 is 1.00 bits per heavy atom. The Hall–Kier alpha value is -4.72. The number of aromatic nitrogens is 3. The number of rotatable bonds is 10. The fourth-order valence-corrected chi connectivity index (χ4v) is 8.81. The predicted molar refractivity (Wildman–Crippen MR) is 216 cm³/mol. The number of fused-ring (bicyclic) bond motifs is 5. The number of methoxy groups -OCH3 is 1. The molecule has 296 valence electrons. The number of hydrogen-bond donors (Lipinski definition) is 0. The molecule has 0 spiro atoms. The van der Waals surface area contributed by atoms with Gasteiger partial charge in [-0.2, -0.15) is 0 Å². The van der Waals surface area contributed by atoms with E-state index >= 15 is 4.39 Å². The third-order valence-electron chi connectivity index (χ3n) is 11.4. The molecule has 3 atom stereocenters. The zero-order valence-corrected chi connectivity index (χ0v) is 34.0. The van der Waals surface area contributed by atoms with E-state index in [1.807, 2.05) is 70.1 Å². The highest BCUT2D eigenvalue weighted by molar-refractivity contribution is 6.35. The number of imidazole rings is 1. The molecule has 12 nitrogen and oxygen atoms in total. The molecular weight excluding hydrogens is 737 g/mol. The van der Waals surface area contributed by atoms with E-state index < -0.39 is 11.4 Å². The first-order chi connectivity index (χ1) is 26.6. The van der Waals surface area contributed by atoms with Gasteiger partial charge in [0.25, 0.3) is 0 Å². The summed E-state index contributed by atoms with van der Waals surface area (Å²) < 4.78 is 36.7. The summed E-state index contributed by atoms with van der Waals surface area (Å²) >= 11 is 7.22. The monoisotopic (exact) mass is 785 g/mol. The van der Waals surface area contributed by atoms with Gasteiger partial charge < -0.3 is 38.4 Å². The van der Waals surface area contributed by atoms with E-state index in [0.29, 0.717) is 71.5 Å². The maximum Gasteiger partial charge on any atom is 0.410 e. The number of aryl methyl sites for hydroxylation is 1. The van der Waals surface area contributed by atoms with E-state index in [2.05, 4.69) is 14.4 Å². The first-order valence-corrected chi connectivity index (χ1v) is 19.5. The van der Waals surface area contributed by atoms with Crippen LogP contribution in [0.4, 0.5) is 15.0 Å². The molecule has 2 aromatic heterocycles. The number of carbonyl (C=O) groups is 2. The van der Waals surface area contributed by atoms with Crippen LogP contribution in [0.5, 0.6) is 5.75 Å². The molecule has 0 N–H and O–H groups in total. The number of nitrogens with zero attached hydrogens (tertiary/aromatic N) is 7. The molecule has 1 aliphatic carbocycles. The average molecular weight is 786 g/mol. The Morgan fingerprint density at radius 3 is 2.45 bits per heavy atom. The summed E-state index contributed by atoms with van der Waals surface area (Å²) in [7, 11) is 9.12. The maximum atomic E-state index is 17.7. The van der Waals surface area contributed by atoms with E-state index in [-0.39, 0.29) is 59.3 Å². The number of carbonyl (C=O) groups excluding carboxylic acids is 2. The minimum Gasteiger partial charge on any atom is -0.468 e. The summed E-state index contributed by atoms with van der Waals surface area (Å²) in [5.41, 5.74) is 1.63. The van der Waals surface area contributed by atoms with Crippen LogP contribution in [-0.4, -0.2) is 121 Å². The number of ether oxygens (including phenoxy) is 3. The van der Waals surface area contributed by atoms with Crippen LogP contribution in [0.1, 0.15) is 45.5 Å². The van der Waals surface area contributed by atoms with Crippen molar-refractivity contribution in [3.63, 3.8) is 0 Å². The molecule has 3 unspecified atom stereocenters. The normalized spacial score (nSPS) is 19.6. The van der Waals surface area contributed by atoms with Crippen molar-refractivity contribution in [2.24, 2.45) is 5.92 Å². The lowest BCUT2D eigenvalue weighted by Crippen LogP contribution is -2.57. The number of amides is 2. The van der Waals surface area contributed by atoms with Crippen molar-refractivity contribution in [2.45, 2.75) is 63.8 Å². The Labute approximate surface area is 331 Å². The van der Waals surface area contributed by atoms with E-state index in [1.54, 1.807) is 38.2 Å². The van der Waals surface area contributed by atoms with Crippen LogP contribution in [0.15, 0.2) is 42.5 Å². The van der Waals surface area contributed by atoms with E-state index in [4.69, 9.17) is 35.8 Å². The highest BCUT2D eigenvalue weighted by Gasteiger charge is 2.56. The topological polar surface area (TPSA) is 106 Å². The average Bonchev–Trinajstić information content (AvgIpc) is 3.82. The Balaban J connectivity index is 1.36. The molecule has 56 heavy (non-hydrogen) atoms. The summed E-state index contributed by atoms with van der Waals surface area (Å²) in [5.74, 6) is 1.31. The van der Waals surface area contributed by atoms with Crippen LogP contribution in [0.2, 0.25) is 5.02 Å². The summed E-state index contributed by atoms with van der Waals surface area (Å²) in [6.45, 7) is 7.52. The van der Waals surface area contributed by atoms with Crippen molar-refractivity contribution in [2.75, 3.05) is 66.6 Å². The molecular formula is C42H49ClFN7O5. The first-order valence-electron chi connectivity index (χ1n) is 19.1. The molecule has 3 aliphatic heterocycles. The van der Waals surface area contributed by atoms with Crippen molar-refractivity contribution in [3.05, 3.63) is 59.1 Å². The Kier molecular flexibility index (Phi) is 9.77. The summed E-state index contributed by atoms with van der Waals surface area (Å²) in [4.78, 5) is 44.6. The van der Waals surface area contributed by atoms with Gasteiger partial charge in [0.15, 0.2) is 18.4 Å². The van der Waals surface area contributed by atoms with Crippen molar-refractivity contribution < 1.29 is 28.2 Å². The second-order valence-corrected chi connectivity index (χ2v) is 17.1. The standard InChI is InChI=1S/C42H49ClFN7O5/c1-42(2,3)56-41(53)50-19-24-16-31(50)38(24)51-32(13-14-33(52)48(6)7)45-37-39(51)29-18-30(43)34(35(44)36(29)46-40(37)49-20-25(21-49)47(4)5)28-17-26(55-22-54-8)15-23-11-9-10-12-27(23)28/h9-12,15,17-18,24-25,31,38H,13-14,16,19-22H2,1-8H3. The number of likely N-dealkylation sites (N-methyl/N-ethyl adjacent to an activating group) is 1. The highest BCUT2D eigenvalue weighted by atomic mass is 35.5. The number of halogens is 2. The van der Waals surface area contributed by atoms with Gasteiger partial charge in [0.2, 0.25) is 5.91 Å². The number of pyridine rings is 1. The molecule has 5 heterocycles. The highest BCUT2D eigenvalue weighted by Crippen LogP contribution is 2.53. The Bertz CT molecular complexity index is 2370. The van der Waals surface area contributed by atoms with E-state index in [0.717, 1.165) is 17.2 Å². The molecule has 3 saturated heterocycles. The number of anilines is 1. The van der Waals surface area contributed by atoms with Gasteiger partial charge in [-0.15, -0.1) is 0 Å². The molecule has 2 amide bonds. The van der Waals surface area contributed by atoms with Gasteiger partial charge in [0.05, 0.1) is 22.6 Å². The van der Waals surface area contributed by atoms with E-state index in [9.17, 15) is 9.59 Å². The summed E-state index contributed by atoms with van der Waals surface area (Å²) in [5, 5.41) is 2.39. The van der Waals surface area contributed by atoms with Gasteiger partial charge in [-0.3, -0.25) is 4.79 Å². The van der Waals surface area contributed by atoms with Crippen LogP contribution in [0.3, 0.4) is 0 Å². The SMILES string of the molecule is COCOc1cc(-c2c(Cl)cc3c(nc(N4CC(N(C)C)C4)c4nc(CCC(=O)N(C)C)n(C5C6CC5N(C(=O)OC(C)(C)C)C6)c43)c2F)c2ccccc2c1. The van der Waals surface area contributed by atoms with Gasteiger partial charge in [-0.05, 0) is 75.8 Å².